The molecular formula is C17H12F3N3O4. The zero-order valence-electron chi connectivity index (χ0n) is 13.6. The molecular weight excluding hydrogens is 367 g/mol. The van der Waals surface area contributed by atoms with Gasteiger partial charge in [-0.05, 0) is 36.4 Å². The Labute approximate surface area is 150 Å². The fourth-order valence-electron chi connectivity index (χ4n) is 2.21. The maximum absolute atomic E-state index is 12.9. The second-order valence-electron chi connectivity index (χ2n) is 5.26. The Balaban J connectivity index is 1.74. The molecule has 0 bridgehead atoms. The van der Waals surface area contributed by atoms with Crippen LogP contribution in [0.4, 0.5) is 18.9 Å². The van der Waals surface area contributed by atoms with Crippen LogP contribution in [0.15, 0.2) is 57.7 Å². The highest BCUT2D eigenvalue weighted by Crippen LogP contribution is 2.25. The van der Waals surface area contributed by atoms with E-state index in [1.807, 2.05) is 0 Å². The van der Waals surface area contributed by atoms with Crippen LogP contribution in [-0.2, 0) is 11.3 Å². The van der Waals surface area contributed by atoms with E-state index in [0.717, 1.165) is 4.68 Å². The molecule has 0 saturated carbocycles. The summed E-state index contributed by atoms with van der Waals surface area (Å²) in [7, 11) is 0. The lowest BCUT2D eigenvalue weighted by Gasteiger charge is -2.11. The van der Waals surface area contributed by atoms with Crippen LogP contribution in [0.3, 0.4) is 0 Å². The van der Waals surface area contributed by atoms with Crippen molar-refractivity contribution in [2.75, 3.05) is 5.32 Å². The number of nitrogens with zero attached hydrogens (tertiary/aromatic N) is 2. The molecule has 1 aromatic heterocycles. The standard InChI is InChI=1S/C17H12F3N3O4/c18-11-7-5-10(6-8-11)15-22-23(17(25)27-15)9-14(24)21-12-3-1-2-4-13(12)26-16(19)20/h1-8,16H,9H2,(H,21,24). The monoisotopic (exact) mass is 379 g/mol. The zero-order chi connectivity index (χ0) is 19.4. The first-order valence-electron chi connectivity index (χ1n) is 7.60. The van der Waals surface area contributed by atoms with Crippen LogP contribution in [0.5, 0.6) is 5.75 Å². The molecule has 10 heteroatoms. The average Bonchev–Trinajstić information content (AvgIpc) is 2.97. The van der Waals surface area contributed by atoms with Gasteiger partial charge in [0.1, 0.15) is 18.1 Å². The van der Waals surface area contributed by atoms with E-state index in [9.17, 15) is 22.8 Å². The van der Waals surface area contributed by atoms with Crippen molar-refractivity contribution in [3.8, 4) is 17.2 Å². The number of rotatable bonds is 6. The van der Waals surface area contributed by atoms with Gasteiger partial charge in [-0.25, -0.2) is 9.18 Å². The van der Waals surface area contributed by atoms with Crippen LogP contribution in [-0.4, -0.2) is 22.3 Å². The summed E-state index contributed by atoms with van der Waals surface area (Å²) in [6, 6.07) is 10.7. The summed E-state index contributed by atoms with van der Waals surface area (Å²) in [5.74, 6) is -2.39. The number of aromatic nitrogens is 2. The van der Waals surface area contributed by atoms with Crippen LogP contribution >= 0.6 is 0 Å². The van der Waals surface area contributed by atoms with Gasteiger partial charge in [0, 0.05) is 5.56 Å². The number of nitrogens with one attached hydrogen (secondary N) is 1. The molecule has 1 amide bonds. The number of alkyl halides is 2. The van der Waals surface area contributed by atoms with Crippen molar-refractivity contribution in [1.82, 2.24) is 9.78 Å². The van der Waals surface area contributed by atoms with E-state index >= 15 is 0 Å². The second-order valence-corrected chi connectivity index (χ2v) is 5.26. The number of halogens is 3. The number of amides is 1. The molecule has 140 valence electrons. The van der Waals surface area contributed by atoms with Crippen LogP contribution in [0.1, 0.15) is 0 Å². The molecule has 0 spiro atoms. The molecule has 0 radical (unpaired) electrons. The number of hydrogen-bond acceptors (Lipinski definition) is 5. The molecule has 0 aliphatic rings. The minimum absolute atomic E-state index is 0.0121. The Kier molecular flexibility index (Phi) is 5.25. The summed E-state index contributed by atoms with van der Waals surface area (Å²) >= 11 is 0. The van der Waals surface area contributed by atoms with Gasteiger partial charge in [0.2, 0.25) is 11.8 Å². The lowest BCUT2D eigenvalue weighted by molar-refractivity contribution is -0.117. The third-order valence-electron chi connectivity index (χ3n) is 3.37. The lowest BCUT2D eigenvalue weighted by atomic mass is 10.2. The number of carbonyl (C=O) groups excluding carboxylic acids is 1. The Morgan fingerprint density at radius 1 is 1.19 bits per heavy atom. The third-order valence-corrected chi connectivity index (χ3v) is 3.37. The third kappa shape index (κ3) is 4.54. The number of benzene rings is 2. The quantitative estimate of drug-likeness (QED) is 0.712. The predicted octanol–water partition coefficient (Wildman–Crippen LogP) is 2.88. The first-order chi connectivity index (χ1) is 12.9. The summed E-state index contributed by atoms with van der Waals surface area (Å²) in [5.41, 5.74) is 0.362. The highest BCUT2D eigenvalue weighted by molar-refractivity contribution is 5.92. The summed E-state index contributed by atoms with van der Waals surface area (Å²) in [5, 5.41) is 6.22. The molecule has 0 aliphatic heterocycles. The van der Waals surface area contributed by atoms with E-state index in [0.29, 0.717) is 5.56 Å². The molecule has 3 aromatic rings. The van der Waals surface area contributed by atoms with Crippen LogP contribution in [0, 0.1) is 5.82 Å². The number of ether oxygens (including phenoxy) is 1. The molecule has 0 saturated heterocycles. The van der Waals surface area contributed by atoms with E-state index in [1.54, 1.807) is 0 Å². The van der Waals surface area contributed by atoms with Crippen molar-refractivity contribution >= 4 is 11.6 Å². The second kappa shape index (κ2) is 7.77. The summed E-state index contributed by atoms with van der Waals surface area (Å²) in [6.45, 7) is -3.58. The number of anilines is 1. The van der Waals surface area contributed by atoms with Crippen LogP contribution < -0.4 is 15.8 Å². The van der Waals surface area contributed by atoms with Gasteiger partial charge in [-0.1, -0.05) is 12.1 Å². The summed E-state index contributed by atoms with van der Waals surface area (Å²) in [6.07, 6.45) is 0. The Morgan fingerprint density at radius 3 is 2.59 bits per heavy atom. The zero-order valence-corrected chi connectivity index (χ0v) is 13.6. The van der Waals surface area contributed by atoms with Gasteiger partial charge in [-0.3, -0.25) is 4.79 Å². The molecule has 0 unspecified atom stereocenters. The maximum atomic E-state index is 12.9. The van der Waals surface area contributed by atoms with E-state index in [2.05, 4.69) is 15.2 Å². The van der Waals surface area contributed by atoms with Crippen molar-refractivity contribution in [3.05, 3.63) is 64.9 Å². The van der Waals surface area contributed by atoms with Crippen molar-refractivity contribution in [2.24, 2.45) is 0 Å². The van der Waals surface area contributed by atoms with E-state index in [-0.39, 0.29) is 17.3 Å². The molecule has 0 fully saturated rings. The lowest BCUT2D eigenvalue weighted by Crippen LogP contribution is -2.26. The number of hydrogen-bond donors (Lipinski definition) is 1. The molecule has 27 heavy (non-hydrogen) atoms. The fourth-order valence-corrected chi connectivity index (χ4v) is 2.21. The fraction of sp³-hybridized carbons (Fsp3) is 0.118. The SMILES string of the molecule is O=C(Cn1nc(-c2ccc(F)cc2)oc1=O)Nc1ccccc1OC(F)F. The molecule has 0 atom stereocenters. The van der Waals surface area contributed by atoms with Crippen molar-refractivity contribution < 1.29 is 27.1 Å². The Hall–Kier alpha value is -3.56. The molecule has 7 nitrogen and oxygen atoms in total. The first kappa shape index (κ1) is 18.2. The summed E-state index contributed by atoms with van der Waals surface area (Å²) < 4.78 is 47.8. The van der Waals surface area contributed by atoms with Gasteiger partial charge in [0.15, 0.2) is 0 Å². The van der Waals surface area contributed by atoms with Crippen molar-refractivity contribution in [2.45, 2.75) is 13.2 Å². The highest BCUT2D eigenvalue weighted by Gasteiger charge is 2.15. The molecule has 0 aliphatic carbocycles. The van der Waals surface area contributed by atoms with E-state index in [4.69, 9.17) is 4.42 Å². The van der Waals surface area contributed by atoms with Gasteiger partial charge in [-0.15, -0.1) is 5.10 Å². The molecule has 1 N–H and O–H groups in total. The molecule has 1 heterocycles. The number of para-hydroxylation sites is 2. The van der Waals surface area contributed by atoms with Gasteiger partial charge in [-0.2, -0.15) is 13.5 Å². The van der Waals surface area contributed by atoms with Crippen molar-refractivity contribution in [1.29, 1.82) is 0 Å². The Morgan fingerprint density at radius 2 is 1.89 bits per heavy atom. The molecule has 3 rings (SSSR count). The predicted molar refractivity (Wildman–Crippen MR) is 87.9 cm³/mol. The minimum atomic E-state index is -3.06. The highest BCUT2D eigenvalue weighted by atomic mass is 19.3. The van der Waals surface area contributed by atoms with E-state index < -0.39 is 30.6 Å². The van der Waals surface area contributed by atoms with Gasteiger partial charge >= 0.3 is 12.4 Å². The van der Waals surface area contributed by atoms with Crippen LogP contribution in [0.25, 0.3) is 11.5 Å². The first-order valence-corrected chi connectivity index (χ1v) is 7.60. The average molecular weight is 379 g/mol. The number of carbonyl (C=O) groups is 1. The van der Waals surface area contributed by atoms with Crippen molar-refractivity contribution in [3.63, 3.8) is 0 Å². The minimum Gasteiger partial charge on any atom is -0.433 e. The maximum Gasteiger partial charge on any atom is 0.437 e. The van der Waals surface area contributed by atoms with Gasteiger partial charge < -0.3 is 14.5 Å². The smallest absolute Gasteiger partial charge is 0.433 e. The molecule has 2 aromatic carbocycles. The normalized spacial score (nSPS) is 10.8. The van der Waals surface area contributed by atoms with Crippen LogP contribution in [0.2, 0.25) is 0 Å². The Bertz CT molecular complexity index is 999. The summed E-state index contributed by atoms with van der Waals surface area (Å²) in [4.78, 5) is 24.0. The van der Waals surface area contributed by atoms with E-state index in [1.165, 1.54) is 48.5 Å². The topological polar surface area (TPSA) is 86.4 Å². The largest absolute Gasteiger partial charge is 0.437 e. The van der Waals surface area contributed by atoms with Gasteiger partial charge in [0.25, 0.3) is 0 Å². The van der Waals surface area contributed by atoms with Gasteiger partial charge in [0.05, 0.1) is 5.69 Å².